The van der Waals surface area contributed by atoms with Gasteiger partial charge in [0.2, 0.25) is 11.8 Å². The number of aromatic nitrogens is 3. The van der Waals surface area contributed by atoms with E-state index in [0.29, 0.717) is 18.4 Å². The van der Waals surface area contributed by atoms with Crippen molar-refractivity contribution in [2.24, 2.45) is 0 Å². The summed E-state index contributed by atoms with van der Waals surface area (Å²) in [7, 11) is 1.77. The van der Waals surface area contributed by atoms with E-state index in [-0.39, 0.29) is 0 Å². The van der Waals surface area contributed by atoms with Crippen LogP contribution in [0, 0.1) is 0 Å². The molecule has 2 aromatic rings. The van der Waals surface area contributed by atoms with E-state index in [1.165, 1.54) is 0 Å². The third kappa shape index (κ3) is 3.41. The molecule has 0 aliphatic carbocycles. The standard InChI is InChI=1S/C12H14N4O/c1-13-12-15-8-5-11(16-12)17-9-6-10-4-2-3-7-14-10/h2-5,7-8H,6,9H2,1H3,(H,13,15,16). The number of pyridine rings is 1. The van der Waals surface area contributed by atoms with Gasteiger partial charge in [0.25, 0.3) is 0 Å². The SMILES string of the molecule is CNc1nccc(OCCc2ccccn2)n1. The summed E-state index contributed by atoms with van der Waals surface area (Å²) in [6, 6.07) is 7.57. The second kappa shape index (κ2) is 5.79. The maximum atomic E-state index is 5.52. The molecule has 0 amide bonds. The molecule has 0 aromatic carbocycles. The van der Waals surface area contributed by atoms with Gasteiger partial charge >= 0.3 is 0 Å². The Kier molecular flexibility index (Phi) is 3.85. The fourth-order valence-electron chi connectivity index (χ4n) is 1.35. The fourth-order valence-corrected chi connectivity index (χ4v) is 1.35. The smallest absolute Gasteiger partial charge is 0.225 e. The maximum absolute atomic E-state index is 5.52. The molecule has 5 heteroatoms. The molecule has 0 aliphatic rings. The van der Waals surface area contributed by atoms with Crippen LogP contribution in [0.4, 0.5) is 5.95 Å². The molecule has 1 N–H and O–H groups in total. The molecule has 0 unspecified atom stereocenters. The average Bonchev–Trinajstić information content (AvgIpc) is 2.40. The lowest BCUT2D eigenvalue weighted by Crippen LogP contribution is -2.05. The predicted molar refractivity (Wildman–Crippen MR) is 65.0 cm³/mol. The zero-order chi connectivity index (χ0) is 11.9. The third-order valence-corrected chi connectivity index (χ3v) is 2.19. The number of nitrogens with one attached hydrogen (secondary N) is 1. The normalized spacial score (nSPS) is 9.94. The van der Waals surface area contributed by atoms with Gasteiger partial charge in [-0.1, -0.05) is 6.07 Å². The summed E-state index contributed by atoms with van der Waals surface area (Å²) in [4.78, 5) is 12.4. The van der Waals surface area contributed by atoms with Gasteiger partial charge < -0.3 is 10.1 Å². The van der Waals surface area contributed by atoms with Crippen molar-refractivity contribution in [1.29, 1.82) is 0 Å². The van der Waals surface area contributed by atoms with Crippen LogP contribution in [0.25, 0.3) is 0 Å². The maximum Gasteiger partial charge on any atom is 0.225 e. The molecule has 0 saturated carbocycles. The summed E-state index contributed by atoms with van der Waals surface area (Å²) >= 11 is 0. The van der Waals surface area contributed by atoms with Gasteiger partial charge in [-0.15, -0.1) is 0 Å². The number of anilines is 1. The van der Waals surface area contributed by atoms with Gasteiger partial charge in [0.1, 0.15) is 0 Å². The molecular formula is C12H14N4O. The van der Waals surface area contributed by atoms with Crippen molar-refractivity contribution in [3.05, 3.63) is 42.4 Å². The van der Waals surface area contributed by atoms with Crippen LogP contribution in [0.5, 0.6) is 5.88 Å². The Balaban J connectivity index is 1.86. The number of hydrogen-bond acceptors (Lipinski definition) is 5. The van der Waals surface area contributed by atoms with E-state index < -0.39 is 0 Å². The Morgan fingerprint density at radius 1 is 1.18 bits per heavy atom. The Labute approximate surface area is 99.9 Å². The first-order valence-corrected chi connectivity index (χ1v) is 5.42. The van der Waals surface area contributed by atoms with Crippen molar-refractivity contribution < 1.29 is 4.74 Å². The molecular weight excluding hydrogens is 216 g/mol. The Hall–Kier alpha value is -2.17. The summed E-state index contributed by atoms with van der Waals surface area (Å²) in [5, 5.41) is 2.86. The summed E-state index contributed by atoms with van der Waals surface area (Å²) in [5.74, 6) is 1.13. The van der Waals surface area contributed by atoms with E-state index in [0.717, 1.165) is 12.1 Å². The minimum atomic E-state index is 0.553. The van der Waals surface area contributed by atoms with Gasteiger partial charge in [0.05, 0.1) is 6.61 Å². The molecule has 2 heterocycles. The lowest BCUT2D eigenvalue weighted by atomic mass is 10.3. The molecule has 0 spiro atoms. The highest BCUT2D eigenvalue weighted by Gasteiger charge is 1.99. The minimum absolute atomic E-state index is 0.553. The highest BCUT2D eigenvalue weighted by Crippen LogP contribution is 2.08. The van der Waals surface area contributed by atoms with E-state index in [1.807, 2.05) is 18.2 Å². The molecule has 17 heavy (non-hydrogen) atoms. The monoisotopic (exact) mass is 230 g/mol. The second-order valence-electron chi connectivity index (χ2n) is 3.39. The molecule has 88 valence electrons. The van der Waals surface area contributed by atoms with Gasteiger partial charge in [-0.25, -0.2) is 4.98 Å². The van der Waals surface area contributed by atoms with Crippen molar-refractivity contribution in [3.8, 4) is 5.88 Å². The molecule has 2 rings (SSSR count). The van der Waals surface area contributed by atoms with Crippen LogP contribution in [0.3, 0.4) is 0 Å². The number of ether oxygens (including phenoxy) is 1. The third-order valence-electron chi connectivity index (χ3n) is 2.19. The number of hydrogen-bond donors (Lipinski definition) is 1. The van der Waals surface area contributed by atoms with Gasteiger partial charge in [-0.05, 0) is 12.1 Å². The van der Waals surface area contributed by atoms with Gasteiger partial charge in [-0.3, -0.25) is 4.98 Å². The molecule has 0 atom stereocenters. The van der Waals surface area contributed by atoms with Crippen LogP contribution in [0.1, 0.15) is 5.69 Å². The zero-order valence-corrected chi connectivity index (χ0v) is 9.63. The van der Waals surface area contributed by atoms with Crippen molar-refractivity contribution >= 4 is 5.95 Å². The molecule has 0 fully saturated rings. The molecule has 5 nitrogen and oxygen atoms in total. The Morgan fingerprint density at radius 3 is 2.88 bits per heavy atom. The first-order chi connectivity index (χ1) is 8.38. The van der Waals surface area contributed by atoms with Gasteiger partial charge in [0.15, 0.2) is 0 Å². The van der Waals surface area contributed by atoms with E-state index >= 15 is 0 Å². The van der Waals surface area contributed by atoms with Crippen molar-refractivity contribution in [3.63, 3.8) is 0 Å². The number of nitrogens with zero attached hydrogens (tertiary/aromatic N) is 3. The predicted octanol–water partition coefficient (Wildman–Crippen LogP) is 1.53. The first kappa shape index (κ1) is 11.3. The van der Waals surface area contributed by atoms with Crippen LogP contribution in [0.2, 0.25) is 0 Å². The van der Waals surface area contributed by atoms with Crippen molar-refractivity contribution in [1.82, 2.24) is 15.0 Å². The molecule has 0 radical (unpaired) electrons. The van der Waals surface area contributed by atoms with E-state index in [2.05, 4.69) is 20.3 Å². The van der Waals surface area contributed by atoms with Crippen LogP contribution >= 0.6 is 0 Å². The highest BCUT2D eigenvalue weighted by molar-refractivity contribution is 5.26. The minimum Gasteiger partial charge on any atom is -0.477 e. The molecule has 2 aromatic heterocycles. The summed E-state index contributed by atoms with van der Waals surface area (Å²) < 4.78 is 5.52. The summed E-state index contributed by atoms with van der Waals surface area (Å²) in [6.45, 7) is 0.553. The first-order valence-electron chi connectivity index (χ1n) is 5.42. The van der Waals surface area contributed by atoms with Gasteiger partial charge in [-0.2, -0.15) is 4.98 Å². The summed E-state index contributed by atoms with van der Waals surface area (Å²) in [6.07, 6.45) is 4.20. The quantitative estimate of drug-likeness (QED) is 0.844. The van der Waals surface area contributed by atoms with Crippen LogP contribution in [-0.2, 0) is 6.42 Å². The molecule has 0 aliphatic heterocycles. The van der Waals surface area contributed by atoms with Crippen molar-refractivity contribution in [2.45, 2.75) is 6.42 Å². The highest BCUT2D eigenvalue weighted by atomic mass is 16.5. The van der Waals surface area contributed by atoms with Crippen LogP contribution in [0.15, 0.2) is 36.7 Å². The molecule has 0 bridgehead atoms. The zero-order valence-electron chi connectivity index (χ0n) is 9.63. The Bertz CT molecular complexity index is 461. The van der Waals surface area contributed by atoms with E-state index in [1.54, 1.807) is 25.5 Å². The van der Waals surface area contributed by atoms with Gasteiger partial charge in [0, 0.05) is 37.6 Å². The topological polar surface area (TPSA) is 59.9 Å². The van der Waals surface area contributed by atoms with Crippen LogP contribution < -0.4 is 10.1 Å². The number of rotatable bonds is 5. The summed E-state index contributed by atoms with van der Waals surface area (Å²) in [5.41, 5.74) is 1.01. The average molecular weight is 230 g/mol. The lowest BCUT2D eigenvalue weighted by Gasteiger charge is -2.05. The largest absolute Gasteiger partial charge is 0.477 e. The molecule has 0 saturated heterocycles. The van der Waals surface area contributed by atoms with Crippen LogP contribution in [-0.4, -0.2) is 28.6 Å². The van der Waals surface area contributed by atoms with E-state index in [4.69, 9.17) is 4.74 Å². The second-order valence-corrected chi connectivity index (χ2v) is 3.39. The lowest BCUT2D eigenvalue weighted by molar-refractivity contribution is 0.308. The Morgan fingerprint density at radius 2 is 2.12 bits per heavy atom. The van der Waals surface area contributed by atoms with E-state index in [9.17, 15) is 0 Å². The van der Waals surface area contributed by atoms with Crippen molar-refractivity contribution in [2.75, 3.05) is 19.0 Å². The fraction of sp³-hybridized carbons (Fsp3) is 0.250.